The van der Waals surface area contributed by atoms with Crippen LogP contribution in [0.1, 0.15) is 89.8 Å². The summed E-state index contributed by atoms with van der Waals surface area (Å²) in [5.74, 6) is 4.04. The number of phenolic OH excluding ortho intramolecular Hbond substituents is 2. The fourth-order valence-electron chi connectivity index (χ4n) is 7.14. The van der Waals surface area contributed by atoms with Crippen molar-refractivity contribution in [1.29, 1.82) is 0 Å². The van der Waals surface area contributed by atoms with Gasteiger partial charge < -0.3 is 43.7 Å². The van der Waals surface area contributed by atoms with E-state index in [0.717, 1.165) is 47.3 Å². The molecule has 2 atom stereocenters. The molecule has 0 spiro atoms. The van der Waals surface area contributed by atoms with Gasteiger partial charge in [0.1, 0.15) is 73.1 Å². The third-order valence-electron chi connectivity index (χ3n) is 12.0. The van der Waals surface area contributed by atoms with E-state index in [1.54, 1.807) is 36.4 Å². The van der Waals surface area contributed by atoms with Gasteiger partial charge in [0.05, 0.1) is 19.8 Å². The second-order valence-electron chi connectivity index (χ2n) is 18.3. The lowest BCUT2D eigenvalue weighted by atomic mass is 9.78. The molecule has 0 aliphatic carbocycles. The molecule has 0 amide bonds. The number of aliphatic hydroxyl groups is 1. The molecule has 73 heavy (non-hydrogen) atoms. The minimum absolute atomic E-state index is 0. The number of epoxide rings is 2. The van der Waals surface area contributed by atoms with E-state index in [9.17, 15) is 10.2 Å². The van der Waals surface area contributed by atoms with Crippen molar-refractivity contribution in [2.45, 2.75) is 84.8 Å². The maximum atomic E-state index is 9.30. The summed E-state index contributed by atoms with van der Waals surface area (Å²) in [4.78, 5) is 0. The molecule has 2 saturated heterocycles. The van der Waals surface area contributed by atoms with Crippen LogP contribution in [0.25, 0.3) is 0 Å². The van der Waals surface area contributed by atoms with Crippen molar-refractivity contribution < 1.29 is 54.3 Å². The van der Waals surface area contributed by atoms with Gasteiger partial charge in [-0.2, -0.15) is 0 Å². The Kier molecular flexibility index (Phi) is 26.3. The first-order valence-corrected chi connectivity index (χ1v) is 23.5. The molecule has 0 radical (unpaired) electrons. The van der Waals surface area contributed by atoms with Gasteiger partial charge in [-0.3, -0.25) is 10.5 Å². The summed E-state index contributed by atoms with van der Waals surface area (Å²) in [5.41, 5.74) is 6.91. The van der Waals surface area contributed by atoms with Crippen molar-refractivity contribution in [2.75, 3.05) is 46.2 Å². The molecule has 0 bridgehead atoms. The Morgan fingerprint density at radius 2 is 0.630 bits per heavy atom. The van der Waals surface area contributed by atoms with Crippen LogP contribution >= 0.6 is 0 Å². The van der Waals surface area contributed by atoms with Gasteiger partial charge in [-0.25, -0.2) is 0 Å². The molecule has 2 fully saturated rings. The average molecular weight is 1000 g/mol. The maximum Gasteiger partial charge on any atom is 0.119 e. The van der Waals surface area contributed by atoms with Crippen molar-refractivity contribution in [3.05, 3.63) is 217 Å². The molecular weight excluding hydrogens is 921 g/mol. The molecule has 6 aromatic rings. The second kappa shape index (κ2) is 30.9. The van der Waals surface area contributed by atoms with Gasteiger partial charge in [-0.15, -0.1) is 6.58 Å². The van der Waals surface area contributed by atoms with Crippen molar-refractivity contribution in [2.24, 2.45) is 0 Å². The minimum atomic E-state index is -0.151. The highest BCUT2D eigenvalue weighted by atomic mass is 17.0. The van der Waals surface area contributed by atoms with E-state index in [2.05, 4.69) is 110 Å². The molecule has 6 aromatic carbocycles. The Hall–Kier alpha value is -6.86. The average Bonchev–Trinajstić information content (AvgIpc) is 4.35. The number of hydrogen-bond donors (Lipinski definition) is 5. The standard InChI is InChI=1S/C21H24O4.C21H24O2.C15H16O2.C3H6O.2CH4.H2O2/c1-21(2,15-3-7-17(8-4-15)22-11-19-13-24-19)16-5-9-18(10-6-16)23-12-20-14-25-20;1-5-15-22-19-11-7-17(8-12-19)21(3,4)18-9-13-20(14-10-18)23-16-6-2;1-15(2,11-3-7-13(16)8-4-11)12-5-9-14(17)10-6-12;1-2-3-4;;;1-2/h3-10,19-20H,11-14H2,1-2H3;5-14H,1-2,15-16H2,3-4H3;3-10,16-17H,1-2H3;2,4H,1,3H2;2*1H4;1-2H. The van der Waals surface area contributed by atoms with Crippen LogP contribution in [0.5, 0.6) is 34.5 Å². The van der Waals surface area contributed by atoms with Gasteiger partial charge in [-0.05, 0) is 106 Å². The van der Waals surface area contributed by atoms with Crippen LogP contribution in [0.15, 0.2) is 184 Å². The molecule has 8 rings (SSSR count). The zero-order valence-electron chi connectivity index (χ0n) is 42.0. The summed E-state index contributed by atoms with van der Waals surface area (Å²) in [6, 6.07) is 47.6. The van der Waals surface area contributed by atoms with Gasteiger partial charge in [0, 0.05) is 16.2 Å². The Bertz CT molecular complexity index is 2290. The highest BCUT2D eigenvalue weighted by Crippen LogP contribution is 2.36. The molecule has 0 saturated carbocycles. The van der Waals surface area contributed by atoms with E-state index in [1.807, 2.05) is 72.8 Å². The SMILES string of the molecule is C.C.C=CCO.C=CCOc1ccc(C(C)(C)c2ccc(OCC=C)cc2)cc1.CC(C)(c1ccc(O)cc1)c1ccc(O)cc1.CC(C)(c1ccc(OCC2CO2)cc1)c1ccc(OCC2CO2)cc1.OO. The van der Waals surface area contributed by atoms with E-state index in [4.69, 9.17) is 44.0 Å². The molecule has 11 heteroatoms. The van der Waals surface area contributed by atoms with Crippen molar-refractivity contribution in [3.8, 4) is 34.5 Å². The quantitative estimate of drug-likeness (QED) is 0.0227. The third-order valence-corrected chi connectivity index (χ3v) is 12.0. The molecule has 11 nitrogen and oxygen atoms in total. The molecule has 0 aromatic heterocycles. The van der Waals surface area contributed by atoms with Gasteiger partial charge in [0.25, 0.3) is 0 Å². The largest absolute Gasteiger partial charge is 0.508 e. The Balaban J connectivity index is 0.000000356. The molecule has 394 valence electrons. The van der Waals surface area contributed by atoms with Crippen molar-refractivity contribution in [3.63, 3.8) is 0 Å². The number of rotatable bonds is 19. The number of hydrogen-bond acceptors (Lipinski definition) is 11. The van der Waals surface area contributed by atoms with Crippen LogP contribution in [0.2, 0.25) is 0 Å². The van der Waals surface area contributed by atoms with Crippen LogP contribution in [0, 0.1) is 0 Å². The summed E-state index contributed by atoms with van der Waals surface area (Å²) >= 11 is 0. The summed E-state index contributed by atoms with van der Waals surface area (Å²) in [6.07, 6.45) is 5.48. The predicted octanol–water partition coefficient (Wildman–Crippen LogP) is 13.6. The predicted molar refractivity (Wildman–Crippen MR) is 296 cm³/mol. The number of aromatic hydroxyl groups is 2. The fourth-order valence-corrected chi connectivity index (χ4v) is 7.14. The zero-order chi connectivity index (χ0) is 51.9. The summed E-state index contributed by atoms with van der Waals surface area (Å²) in [6.45, 7) is 27.7. The van der Waals surface area contributed by atoms with Crippen LogP contribution in [-0.4, -0.2) is 84.3 Å². The maximum absolute atomic E-state index is 9.30. The van der Waals surface area contributed by atoms with Gasteiger partial charge in [0.2, 0.25) is 0 Å². The molecule has 2 unspecified atom stereocenters. The molecular formula is C62H80O11. The number of ether oxygens (including phenoxy) is 6. The van der Waals surface area contributed by atoms with E-state index >= 15 is 0 Å². The lowest BCUT2D eigenvalue weighted by molar-refractivity contribution is -0.176. The van der Waals surface area contributed by atoms with E-state index in [1.165, 1.54) is 28.3 Å². The summed E-state index contributed by atoms with van der Waals surface area (Å²) in [5, 5.41) is 38.3. The van der Waals surface area contributed by atoms with Crippen LogP contribution in [0.3, 0.4) is 0 Å². The topological polar surface area (TPSA) is 163 Å². The Morgan fingerprint density at radius 3 is 0.822 bits per heavy atom. The molecule has 2 aliphatic heterocycles. The summed E-state index contributed by atoms with van der Waals surface area (Å²) < 4.78 is 32.8. The first-order valence-electron chi connectivity index (χ1n) is 23.5. The first-order chi connectivity index (χ1) is 34.1. The fraction of sp³-hybridized carbons (Fsp3) is 0.323. The lowest BCUT2D eigenvalue weighted by Crippen LogP contribution is -2.18. The zero-order valence-corrected chi connectivity index (χ0v) is 42.0. The highest BCUT2D eigenvalue weighted by molar-refractivity contribution is 5.44. The molecule has 5 N–H and O–H groups in total. The minimum Gasteiger partial charge on any atom is -0.508 e. The smallest absolute Gasteiger partial charge is 0.119 e. The van der Waals surface area contributed by atoms with E-state index in [-0.39, 0.29) is 61.4 Å². The van der Waals surface area contributed by atoms with Crippen molar-refractivity contribution in [1.82, 2.24) is 0 Å². The van der Waals surface area contributed by atoms with Crippen LogP contribution in [-0.2, 0) is 25.7 Å². The highest BCUT2D eigenvalue weighted by Gasteiger charge is 2.27. The lowest BCUT2D eigenvalue weighted by Gasteiger charge is -2.26. The van der Waals surface area contributed by atoms with Gasteiger partial charge in [0.15, 0.2) is 0 Å². The summed E-state index contributed by atoms with van der Waals surface area (Å²) in [7, 11) is 0. The molecule has 2 heterocycles. The third kappa shape index (κ3) is 19.9. The van der Waals surface area contributed by atoms with E-state index in [0.29, 0.717) is 26.4 Å². The van der Waals surface area contributed by atoms with Crippen LogP contribution < -0.4 is 18.9 Å². The Labute approximate surface area is 435 Å². The number of benzene rings is 6. The number of aliphatic hydroxyl groups excluding tert-OH is 1. The molecule has 2 aliphatic rings. The number of phenols is 2. The monoisotopic (exact) mass is 1000 g/mol. The Morgan fingerprint density at radius 1 is 0.425 bits per heavy atom. The van der Waals surface area contributed by atoms with Gasteiger partial charge >= 0.3 is 0 Å². The second-order valence-corrected chi connectivity index (χ2v) is 18.3. The first kappa shape index (κ1) is 62.3. The van der Waals surface area contributed by atoms with Crippen molar-refractivity contribution >= 4 is 0 Å². The normalized spacial score (nSPS) is 13.9. The van der Waals surface area contributed by atoms with Crippen LogP contribution in [0.4, 0.5) is 0 Å². The van der Waals surface area contributed by atoms with E-state index < -0.39 is 0 Å². The van der Waals surface area contributed by atoms with Gasteiger partial charge in [-0.1, -0.05) is 161 Å².